The Hall–Kier alpha value is -1.15. The number of nitrogens with zero attached hydrogens (tertiary/aromatic N) is 2. The van der Waals surface area contributed by atoms with Crippen molar-refractivity contribution in [2.75, 3.05) is 26.2 Å². The normalized spacial score (nSPS) is 24.8. The molecule has 6 nitrogen and oxygen atoms in total. The molecule has 0 radical (unpaired) electrons. The van der Waals surface area contributed by atoms with E-state index in [0.717, 1.165) is 19.3 Å². The van der Waals surface area contributed by atoms with Crippen LogP contribution in [0.3, 0.4) is 0 Å². The molecule has 1 amide bonds. The molecule has 0 unspecified atom stereocenters. The van der Waals surface area contributed by atoms with E-state index in [2.05, 4.69) is 0 Å². The van der Waals surface area contributed by atoms with E-state index < -0.39 is 10.0 Å². The molecule has 140 valence electrons. The van der Waals surface area contributed by atoms with Crippen LogP contribution in [0.25, 0.3) is 0 Å². The lowest BCUT2D eigenvalue weighted by Crippen LogP contribution is -2.51. The van der Waals surface area contributed by atoms with E-state index in [1.807, 2.05) is 0 Å². The van der Waals surface area contributed by atoms with Gasteiger partial charge in [-0.05, 0) is 30.9 Å². The van der Waals surface area contributed by atoms with E-state index in [-0.39, 0.29) is 30.3 Å². The van der Waals surface area contributed by atoms with Crippen molar-refractivity contribution in [3.8, 4) is 0 Å². The molecule has 1 saturated carbocycles. The summed E-state index contributed by atoms with van der Waals surface area (Å²) in [5.74, 6) is 0.387. The summed E-state index contributed by atoms with van der Waals surface area (Å²) in [6, 6.07) is 8.58. The monoisotopic (exact) mass is 387 g/mol. The first-order valence-corrected chi connectivity index (χ1v) is 10.0. The van der Waals surface area contributed by atoms with Crippen LogP contribution in [-0.2, 0) is 14.8 Å². The van der Waals surface area contributed by atoms with Gasteiger partial charge in [0.1, 0.15) is 0 Å². The fraction of sp³-hybridized carbons (Fsp3) is 0.588. The summed E-state index contributed by atoms with van der Waals surface area (Å²) in [6.45, 7) is 1.60. The molecule has 1 aromatic rings. The van der Waals surface area contributed by atoms with Crippen molar-refractivity contribution < 1.29 is 13.2 Å². The zero-order chi connectivity index (χ0) is 17.2. The second-order valence-corrected chi connectivity index (χ2v) is 8.59. The molecular weight excluding hydrogens is 362 g/mol. The van der Waals surface area contributed by atoms with Gasteiger partial charge in [0, 0.05) is 38.6 Å². The molecule has 2 aliphatic rings. The van der Waals surface area contributed by atoms with Gasteiger partial charge >= 0.3 is 0 Å². The van der Waals surface area contributed by atoms with Crippen LogP contribution in [0.2, 0.25) is 0 Å². The van der Waals surface area contributed by atoms with Crippen LogP contribution in [0.15, 0.2) is 35.2 Å². The highest BCUT2D eigenvalue weighted by molar-refractivity contribution is 7.89. The fourth-order valence-corrected chi connectivity index (χ4v) is 5.03. The summed E-state index contributed by atoms with van der Waals surface area (Å²) in [5, 5.41) is 0. The Labute approximate surface area is 155 Å². The third kappa shape index (κ3) is 4.53. The summed E-state index contributed by atoms with van der Waals surface area (Å²) in [7, 11) is -3.47. The standard InChI is InChI=1S/C17H25N3O3S.ClH/c18-16-8-4-5-14(16)13-17(21)19-9-11-20(12-10-19)24(22,23)15-6-2-1-3-7-15;/h1-3,6-7,14,16H,4-5,8-13,18H2;1H/t14-,16+;/m0./s1. The molecule has 1 aromatic carbocycles. The highest BCUT2D eigenvalue weighted by Gasteiger charge is 2.32. The molecule has 2 fully saturated rings. The summed E-state index contributed by atoms with van der Waals surface area (Å²) < 4.78 is 26.6. The van der Waals surface area contributed by atoms with E-state index in [0.29, 0.717) is 37.5 Å². The van der Waals surface area contributed by atoms with Gasteiger partial charge in [0.05, 0.1) is 4.90 Å². The highest BCUT2D eigenvalue weighted by atomic mass is 35.5. The molecule has 1 aliphatic carbocycles. The second kappa shape index (κ2) is 8.49. The average Bonchev–Trinajstić information content (AvgIpc) is 3.00. The lowest BCUT2D eigenvalue weighted by molar-refractivity contribution is -0.133. The molecule has 0 bridgehead atoms. The maximum Gasteiger partial charge on any atom is 0.243 e. The molecule has 1 aliphatic heterocycles. The van der Waals surface area contributed by atoms with Crippen LogP contribution >= 0.6 is 12.4 Å². The number of hydrogen-bond acceptors (Lipinski definition) is 4. The van der Waals surface area contributed by atoms with Crippen LogP contribution in [0.4, 0.5) is 0 Å². The SMILES string of the molecule is Cl.N[C@@H]1CCC[C@H]1CC(=O)N1CCN(S(=O)(=O)c2ccccc2)CC1. The molecule has 8 heteroatoms. The lowest BCUT2D eigenvalue weighted by atomic mass is 9.99. The van der Waals surface area contributed by atoms with Crippen molar-refractivity contribution in [3.05, 3.63) is 30.3 Å². The molecule has 3 rings (SSSR count). The lowest BCUT2D eigenvalue weighted by Gasteiger charge is -2.34. The van der Waals surface area contributed by atoms with Crippen molar-refractivity contribution in [2.45, 2.75) is 36.6 Å². The van der Waals surface area contributed by atoms with Crippen LogP contribution in [0.1, 0.15) is 25.7 Å². The Morgan fingerprint density at radius 2 is 1.72 bits per heavy atom. The molecule has 0 spiro atoms. The summed E-state index contributed by atoms with van der Waals surface area (Å²) in [6.07, 6.45) is 3.62. The number of benzene rings is 1. The number of rotatable bonds is 4. The van der Waals surface area contributed by atoms with Gasteiger partial charge in [-0.2, -0.15) is 4.31 Å². The predicted molar refractivity (Wildman–Crippen MR) is 99.0 cm³/mol. The number of nitrogens with two attached hydrogens (primary N) is 1. The number of halogens is 1. The van der Waals surface area contributed by atoms with Gasteiger partial charge < -0.3 is 10.6 Å². The number of carbonyl (C=O) groups excluding carboxylic acids is 1. The Bertz CT molecular complexity index is 676. The number of piperazine rings is 1. The average molecular weight is 388 g/mol. The first-order valence-electron chi connectivity index (χ1n) is 8.57. The van der Waals surface area contributed by atoms with E-state index in [1.54, 1.807) is 35.2 Å². The maximum absolute atomic E-state index is 12.6. The summed E-state index contributed by atoms with van der Waals surface area (Å²) in [5.41, 5.74) is 6.04. The third-order valence-corrected chi connectivity index (χ3v) is 7.04. The van der Waals surface area contributed by atoms with Crippen LogP contribution in [0.5, 0.6) is 0 Å². The molecule has 25 heavy (non-hydrogen) atoms. The molecule has 1 saturated heterocycles. The van der Waals surface area contributed by atoms with E-state index in [1.165, 1.54) is 4.31 Å². The largest absolute Gasteiger partial charge is 0.340 e. The molecular formula is C17H26ClN3O3S. The molecule has 1 heterocycles. The van der Waals surface area contributed by atoms with Gasteiger partial charge in [0.25, 0.3) is 0 Å². The number of sulfonamides is 1. The number of hydrogen-bond donors (Lipinski definition) is 1. The quantitative estimate of drug-likeness (QED) is 0.847. The van der Waals surface area contributed by atoms with Gasteiger partial charge in [0.2, 0.25) is 15.9 Å². The first-order chi connectivity index (χ1) is 11.5. The Morgan fingerprint density at radius 3 is 2.28 bits per heavy atom. The minimum absolute atomic E-state index is 0. The Kier molecular flexibility index (Phi) is 6.85. The summed E-state index contributed by atoms with van der Waals surface area (Å²) >= 11 is 0. The predicted octanol–water partition coefficient (Wildman–Crippen LogP) is 1.46. The first kappa shape index (κ1) is 20.2. The molecule has 2 atom stereocenters. The summed E-state index contributed by atoms with van der Waals surface area (Å²) in [4.78, 5) is 14.5. The minimum Gasteiger partial charge on any atom is -0.340 e. The highest BCUT2D eigenvalue weighted by Crippen LogP contribution is 2.27. The topological polar surface area (TPSA) is 83.7 Å². The van der Waals surface area contributed by atoms with Gasteiger partial charge in [-0.1, -0.05) is 24.6 Å². The van der Waals surface area contributed by atoms with E-state index in [9.17, 15) is 13.2 Å². The number of carbonyl (C=O) groups is 1. The van der Waals surface area contributed by atoms with Gasteiger partial charge in [-0.15, -0.1) is 12.4 Å². The minimum atomic E-state index is -3.47. The molecule has 2 N–H and O–H groups in total. The Balaban J connectivity index is 0.00000225. The van der Waals surface area contributed by atoms with Gasteiger partial charge in [-0.25, -0.2) is 8.42 Å². The van der Waals surface area contributed by atoms with Crippen LogP contribution in [0, 0.1) is 5.92 Å². The van der Waals surface area contributed by atoms with E-state index in [4.69, 9.17) is 5.73 Å². The molecule has 0 aromatic heterocycles. The Morgan fingerprint density at radius 1 is 1.08 bits per heavy atom. The number of amides is 1. The zero-order valence-corrected chi connectivity index (χ0v) is 15.8. The second-order valence-electron chi connectivity index (χ2n) is 6.66. The van der Waals surface area contributed by atoms with Gasteiger partial charge in [0.15, 0.2) is 0 Å². The van der Waals surface area contributed by atoms with Crippen LogP contribution in [-0.4, -0.2) is 55.8 Å². The maximum atomic E-state index is 12.6. The van der Waals surface area contributed by atoms with Crippen molar-refractivity contribution in [1.82, 2.24) is 9.21 Å². The van der Waals surface area contributed by atoms with Crippen molar-refractivity contribution in [3.63, 3.8) is 0 Å². The fourth-order valence-electron chi connectivity index (χ4n) is 3.59. The van der Waals surface area contributed by atoms with Crippen molar-refractivity contribution >= 4 is 28.3 Å². The van der Waals surface area contributed by atoms with Crippen molar-refractivity contribution in [2.24, 2.45) is 11.7 Å². The van der Waals surface area contributed by atoms with Gasteiger partial charge in [-0.3, -0.25) is 4.79 Å². The van der Waals surface area contributed by atoms with Crippen molar-refractivity contribution in [1.29, 1.82) is 0 Å². The smallest absolute Gasteiger partial charge is 0.243 e. The van der Waals surface area contributed by atoms with Crippen LogP contribution < -0.4 is 5.73 Å². The van der Waals surface area contributed by atoms with E-state index >= 15 is 0 Å². The third-order valence-electron chi connectivity index (χ3n) is 5.13. The zero-order valence-electron chi connectivity index (χ0n) is 14.2.